The van der Waals surface area contributed by atoms with Gasteiger partial charge in [-0.3, -0.25) is 43.2 Å². The number of Topliss-reactive ketones (excluding diaryl/α,β-unsaturated/α-hetero) is 1. The lowest BCUT2D eigenvalue weighted by atomic mass is 9.72. The van der Waals surface area contributed by atoms with Gasteiger partial charge in [-0.25, -0.2) is 9.78 Å². The Hall–Kier alpha value is -7.80. The van der Waals surface area contributed by atoms with Crippen LogP contribution in [0.5, 0.6) is 5.75 Å². The summed E-state index contributed by atoms with van der Waals surface area (Å²) in [7, 11) is 2.90. The number of aromatic nitrogens is 1. The molecule has 7 amide bonds. The lowest BCUT2D eigenvalue weighted by molar-refractivity contribution is -0.318. The maximum absolute atomic E-state index is 16.0. The van der Waals surface area contributed by atoms with E-state index in [1.807, 2.05) is 39.8 Å². The number of ether oxygens (including phenoxy) is 7. The molecule has 1 aromatic heterocycles. The number of nitrogens with zero attached hydrogens (tertiary/aromatic N) is 4. The zero-order valence-corrected chi connectivity index (χ0v) is 73.2. The number of aryl methyl sites for hydroxylation is 1. The van der Waals surface area contributed by atoms with Crippen molar-refractivity contribution in [2.45, 2.75) is 294 Å². The fraction of sp³-hybridized carbons (Fsp3) is 0.690. The highest BCUT2D eigenvalue weighted by Crippen LogP contribution is 2.43. The molecule has 0 spiro atoms. The van der Waals surface area contributed by atoms with Crippen molar-refractivity contribution in [3.05, 3.63) is 95.3 Å². The Morgan fingerprint density at radius 2 is 1.46 bits per heavy atom. The summed E-state index contributed by atoms with van der Waals surface area (Å²) < 4.78 is 44.2. The van der Waals surface area contributed by atoms with Crippen molar-refractivity contribution in [1.29, 1.82) is 0 Å². The summed E-state index contributed by atoms with van der Waals surface area (Å²) in [4.78, 5) is 157. The molecule has 666 valence electrons. The summed E-state index contributed by atoms with van der Waals surface area (Å²) in [5.41, 5.74) is -5.59. The Labute approximate surface area is 708 Å². The summed E-state index contributed by atoms with van der Waals surface area (Å²) >= 11 is 1.25. The van der Waals surface area contributed by atoms with Gasteiger partial charge in [0.15, 0.2) is 24.3 Å². The van der Waals surface area contributed by atoms with Crippen LogP contribution in [0.1, 0.15) is 188 Å². The molecule has 6 fully saturated rings. The quantitative estimate of drug-likeness (QED) is 0.0524. The topological polar surface area (TPSA) is 439 Å². The summed E-state index contributed by atoms with van der Waals surface area (Å²) in [6.45, 7) is 24.9. The van der Waals surface area contributed by atoms with E-state index < -0.39 is 221 Å². The van der Waals surface area contributed by atoms with Crippen molar-refractivity contribution < 1.29 is 112 Å². The first-order chi connectivity index (χ1) is 56.5. The number of methoxy groups -OCH3 is 1. The van der Waals surface area contributed by atoms with Crippen LogP contribution in [0.4, 0.5) is 0 Å². The number of pyridine rings is 1. The number of esters is 2. The number of thioether (sulfide) groups is 1. The van der Waals surface area contributed by atoms with Crippen LogP contribution < -0.4 is 26.6 Å². The molecule has 0 radical (unpaired) electrons. The van der Waals surface area contributed by atoms with Crippen LogP contribution in [0.15, 0.2) is 72.9 Å². The number of carbonyl (C=O) groups is 10. The molecule has 27 atom stereocenters. The van der Waals surface area contributed by atoms with Crippen molar-refractivity contribution in [1.82, 2.24) is 46.3 Å². The minimum atomic E-state index is -2.07. The number of aliphatic hydroxyl groups is 5. The molecule has 6 aliphatic rings. The Balaban J connectivity index is 0.951. The van der Waals surface area contributed by atoms with Crippen LogP contribution in [0.2, 0.25) is 0 Å². The highest BCUT2D eigenvalue weighted by atomic mass is 32.2. The molecule has 0 bridgehead atoms. The molecule has 0 aliphatic carbocycles. The average molecular weight is 1700 g/mol. The molecular formula is C87H129N9O23S. The molecule has 32 nitrogen and oxygen atoms in total. The van der Waals surface area contributed by atoms with Gasteiger partial charge in [0.2, 0.25) is 35.4 Å². The molecule has 33 heteroatoms. The number of hydrogen-bond donors (Lipinski definition) is 11. The van der Waals surface area contributed by atoms with Crippen LogP contribution in [0.3, 0.4) is 0 Å². The van der Waals surface area contributed by atoms with E-state index in [-0.39, 0.29) is 106 Å². The van der Waals surface area contributed by atoms with Gasteiger partial charge in [-0.2, -0.15) is 11.8 Å². The molecule has 11 N–H and O–H groups in total. The predicted octanol–water partition coefficient (Wildman–Crippen LogP) is 4.26. The van der Waals surface area contributed by atoms with E-state index in [9.17, 15) is 59.4 Å². The van der Waals surface area contributed by atoms with E-state index in [1.54, 1.807) is 85.7 Å². The van der Waals surface area contributed by atoms with E-state index in [0.717, 1.165) is 5.56 Å². The molecule has 6 saturated heterocycles. The third-order valence-electron chi connectivity index (χ3n) is 25.6. The fourth-order valence-corrected chi connectivity index (χ4v) is 19.1. The number of rotatable bonds is 21. The van der Waals surface area contributed by atoms with Gasteiger partial charge >= 0.3 is 11.9 Å². The molecule has 7 heterocycles. The SMILES string of the molecule is CC[C@H]1OC(=O)[C@H](C)[C@@H](OC2CC(C)(OC)C(O)C(C)O2)C(C)C(OC2OC(C)CC(C)C2O)[C@](C)(O)C[C@@H](C)[C@H](NCCNC(=O)CCSCC2CN3C(=O)[C@H](Cc4ccc(C)cc4)N(C)C(=O)[C@@H]4CCCN4C(=O)C(C)(CC)NC(=O)[C@@H](NC(=O)c4ncccc4O)[C@@H](C)OC(=O)[C@H](c4ccccc4)NC(=O)[C@@H]3CC2=O)[C@H](C)[C@@H](O)[C@]1(C)O. The number of piperidine rings is 1. The van der Waals surface area contributed by atoms with Crippen molar-refractivity contribution in [2.24, 2.45) is 35.5 Å². The number of carbonyl (C=O) groups excluding carboxylic acids is 10. The molecule has 0 saturated carbocycles. The molecule has 12 unspecified atom stereocenters. The largest absolute Gasteiger partial charge is 0.505 e. The molecular weight excluding hydrogens is 1570 g/mol. The van der Waals surface area contributed by atoms with E-state index in [0.29, 0.717) is 18.4 Å². The van der Waals surface area contributed by atoms with Crippen LogP contribution in [0.25, 0.3) is 0 Å². The number of likely N-dealkylation sites (N-methyl/N-ethyl adjacent to an activating group) is 1. The highest BCUT2D eigenvalue weighted by molar-refractivity contribution is 7.99. The highest BCUT2D eigenvalue weighted by Gasteiger charge is 2.56. The number of benzene rings is 2. The van der Waals surface area contributed by atoms with Gasteiger partial charge < -0.3 is 105 Å². The predicted molar refractivity (Wildman–Crippen MR) is 441 cm³/mol. The number of cyclic esters (lactones) is 2. The first-order valence-corrected chi connectivity index (χ1v) is 43.4. The third-order valence-corrected chi connectivity index (χ3v) is 26.8. The monoisotopic (exact) mass is 1700 g/mol. The van der Waals surface area contributed by atoms with E-state index in [1.165, 1.54) is 91.9 Å². The zero-order valence-electron chi connectivity index (χ0n) is 72.3. The second-order valence-corrected chi connectivity index (χ2v) is 36.1. The van der Waals surface area contributed by atoms with Gasteiger partial charge in [-0.1, -0.05) is 102 Å². The fourth-order valence-electron chi connectivity index (χ4n) is 18.0. The first-order valence-electron chi connectivity index (χ1n) is 42.2. The van der Waals surface area contributed by atoms with Crippen molar-refractivity contribution in [3.8, 4) is 5.75 Å². The van der Waals surface area contributed by atoms with Crippen molar-refractivity contribution in [2.75, 3.05) is 51.8 Å². The van der Waals surface area contributed by atoms with Gasteiger partial charge in [-0.05, 0) is 136 Å². The standard InChI is InChI=1S/C87H129N9O23S/c1-18-63-87(15,112)72(101)50(7)66(48(5)42-85(13,111)74(119-82-70(100)47(4)39-49(6)114-82)51(8)71(52(9)80(108)117-63)118-65-43-86(14,113-17)73(102)54(11)115-65)90-36-35-88-64(99)33-38-120-45-57-44-96-59(41-62(57)98)75(103)92-68(56-25-21-20-22-26-56)81(109)116-53(10)67(91-76(104)69-61(97)28-23-34-89-69)77(105)93-84(12,19-2)83(110)95-37-24-27-58(95)78(106)94(16)60(79(96)107)40-55-31-29-46(3)30-32-55/h20-23,25-26,28-32,34,47-54,57-60,63,65-68,70-74,82,90,97,100-102,111-112H,18-19,24,27,33,35-45H2,1-17H3,(H,88,99)(H,91,104)(H,92,103)(H,93,105)/t47?,48-,49?,50+,51?,52-,53-,54?,57?,58+,59+,60+,63-,65?,66+,67+,68+,70?,71+,72-,73?,74?,82?,84?,85-,86?,87-/m1/s1. The van der Waals surface area contributed by atoms with Gasteiger partial charge in [0.05, 0.1) is 47.6 Å². The Bertz CT molecular complexity index is 4050. The Kier molecular flexibility index (Phi) is 32.9. The van der Waals surface area contributed by atoms with Gasteiger partial charge in [0.1, 0.15) is 71.3 Å². The van der Waals surface area contributed by atoms with E-state index in [2.05, 4.69) is 31.6 Å². The van der Waals surface area contributed by atoms with E-state index >= 15 is 19.2 Å². The van der Waals surface area contributed by atoms with Gasteiger partial charge in [0.25, 0.3) is 5.91 Å². The maximum atomic E-state index is 16.0. The summed E-state index contributed by atoms with van der Waals surface area (Å²) in [5, 5.41) is 86.1. The number of aromatic hydroxyl groups is 1. The number of aliphatic hydroxyl groups excluding tert-OH is 3. The van der Waals surface area contributed by atoms with Gasteiger partial charge in [-0.15, -0.1) is 0 Å². The molecule has 3 aromatic rings. The van der Waals surface area contributed by atoms with Crippen LogP contribution in [-0.4, -0.2) is 281 Å². The lowest BCUT2D eigenvalue weighted by Crippen LogP contribution is -2.65. The zero-order chi connectivity index (χ0) is 88.4. The van der Waals surface area contributed by atoms with Crippen molar-refractivity contribution in [3.63, 3.8) is 0 Å². The number of fused-ring (bicyclic) bond motifs is 2. The summed E-state index contributed by atoms with van der Waals surface area (Å²) in [5.74, 6) is -12.8. The molecule has 9 rings (SSSR count). The minimum absolute atomic E-state index is 0.0277. The second-order valence-electron chi connectivity index (χ2n) is 35.0. The van der Waals surface area contributed by atoms with Crippen molar-refractivity contribution >= 4 is 70.8 Å². The Morgan fingerprint density at radius 1 is 0.767 bits per heavy atom. The smallest absolute Gasteiger partial charge is 0.333 e. The van der Waals surface area contributed by atoms with Gasteiger partial charge in [0, 0.05) is 108 Å². The van der Waals surface area contributed by atoms with E-state index in [4.69, 9.17) is 33.2 Å². The first kappa shape index (κ1) is 96.0. The number of hydrogen-bond acceptors (Lipinski definition) is 26. The number of nitrogens with one attached hydrogen (secondary N) is 5. The molecule has 2 aromatic carbocycles. The lowest BCUT2D eigenvalue weighted by Gasteiger charge is -2.49. The van der Waals surface area contributed by atoms with Crippen LogP contribution in [-0.2, 0) is 82.7 Å². The third kappa shape index (κ3) is 22.4. The minimum Gasteiger partial charge on any atom is -0.505 e. The second kappa shape index (κ2) is 41.1. The summed E-state index contributed by atoms with van der Waals surface area (Å²) in [6, 6.07) is 9.39. The Morgan fingerprint density at radius 3 is 2.12 bits per heavy atom. The average Bonchev–Trinajstić information content (AvgIpc) is 1.07. The van der Waals surface area contributed by atoms with Crippen LogP contribution in [0, 0.1) is 42.4 Å². The molecule has 6 aliphatic heterocycles. The maximum Gasteiger partial charge on any atom is 0.333 e. The number of amides is 7. The summed E-state index contributed by atoms with van der Waals surface area (Å²) in [6.07, 6.45) is -10.9. The number of ketones is 1. The van der Waals surface area contributed by atoms with Crippen LogP contribution >= 0.6 is 11.8 Å². The molecule has 120 heavy (non-hydrogen) atoms. The normalized spacial score (nSPS) is 37.0.